The summed E-state index contributed by atoms with van der Waals surface area (Å²) in [5.74, 6) is -0.279. The number of hydrogen-bond donors (Lipinski definition) is 2. The fourth-order valence-corrected chi connectivity index (χ4v) is 3.92. The van der Waals surface area contributed by atoms with Gasteiger partial charge >= 0.3 is 0 Å². The van der Waals surface area contributed by atoms with Gasteiger partial charge in [-0.15, -0.1) is 0 Å². The summed E-state index contributed by atoms with van der Waals surface area (Å²) in [6.45, 7) is 2.19. The average molecular weight is 370 g/mol. The van der Waals surface area contributed by atoms with Crippen LogP contribution in [-0.4, -0.2) is 48.4 Å². The Bertz CT molecular complexity index is 612. The number of nitrogens with one attached hydrogen (secondary N) is 2. The molecular weight excluding hydrogens is 349 g/mol. The lowest BCUT2D eigenvalue weighted by molar-refractivity contribution is -0.124. The zero-order chi connectivity index (χ0) is 17.1. The number of hydrogen-bond acceptors (Lipinski definition) is 3. The van der Waals surface area contributed by atoms with E-state index >= 15 is 0 Å². The molecule has 2 unspecified atom stereocenters. The second-order valence-electron chi connectivity index (χ2n) is 6.35. The third-order valence-corrected chi connectivity index (χ3v) is 5.05. The zero-order valence-electron chi connectivity index (χ0n) is 13.4. The number of carbonyl (C=O) groups excluding carboxylic acids is 2. The highest BCUT2D eigenvalue weighted by Crippen LogP contribution is 2.24. The summed E-state index contributed by atoms with van der Waals surface area (Å²) in [4.78, 5) is 26.9. The van der Waals surface area contributed by atoms with Crippen LogP contribution in [0.25, 0.3) is 0 Å². The number of likely N-dealkylation sites (tertiary alicyclic amines) is 1. The summed E-state index contributed by atoms with van der Waals surface area (Å²) in [5, 5.41) is 7.16. The van der Waals surface area contributed by atoms with Crippen LogP contribution < -0.4 is 10.6 Å². The molecule has 2 aliphatic rings. The van der Waals surface area contributed by atoms with Crippen LogP contribution in [0.4, 0.5) is 0 Å². The maximum absolute atomic E-state index is 12.7. The molecule has 2 fully saturated rings. The van der Waals surface area contributed by atoms with E-state index in [2.05, 4.69) is 10.6 Å². The highest BCUT2D eigenvalue weighted by Gasteiger charge is 2.34. The molecule has 130 valence electrons. The molecule has 2 saturated heterocycles. The van der Waals surface area contributed by atoms with Crippen LogP contribution in [0.5, 0.6) is 0 Å². The van der Waals surface area contributed by atoms with Crippen LogP contribution in [0.3, 0.4) is 0 Å². The highest BCUT2D eigenvalue weighted by atomic mass is 35.5. The molecule has 5 nitrogen and oxygen atoms in total. The van der Waals surface area contributed by atoms with E-state index in [1.165, 1.54) is 0 Å². The van der Waals surface area contributed by atoms with Gasteiger partial charge in [-0.05, 0) is 50.4 Å². The monoisotopic (exact) mass is 369 g/mol. The summed E-state index contributed by atoms with van der Waals surface area (Å²) in [6.07, 6.45) is 3.72. The fraction of sp³-hybridized carbons (Fsp3) is 0.529. The molecule has 1 aromatic carbocycles. The van der Waals surface area contributed by atoms with Gasteiger partial charge in [0, 0.05) is 34.7 Å². The molecule has 2 amide bonds. The van der Waals surface area contributed by atoms with E-state index in [1.54, 1.807) is 23.1 Å². The van der Waals surface area contributed by atoms with Gasteiger partial charge in [0.25, 0.3) is 5.91 Å². The highest BCUT2D eigenvalue weighted by molar-refractivity contribution is 6.35. The van der Waals surface area contributed by atoms with E-state index in [0.717, 1.165) is 25.8 Å². The fourth-order valence-electron chi connectivity index (χ4n) is 3.40. The Morgan fingerprint density at radius 1 is 1.17 bits per heavy atom. The van der Waals surface area contributed by atoms with Gasteiger partial charge in [0.05, 0.1) is 0 Å². The first-order chi connectivity index (χ1) is 11.5. The van der Waals surface area contributed by atoms with Crippen molar-refractivity contribution in [1.29, 1.82) is 0 Å². The lowest BCUT2D eigenvalue weighted by Crippen LogP contribution is -2.48. The van der Waals surface area contributed by atoms with E-state index in [0.29, 0.717) is 41.2 Å². The van der Waals surface area contributed by atoms with Gasteiger partial charge in [0.15, 0.2) is 0 Å². The Hall–Kier alpha value is -1.30. The Balaban J connectivity index is 1.65. The first-order valence-corrected chi connectivity index (χ1v) is 9.08. The minimum atomic E-state index is -0.420. The number of benzene rings is 1. The van der Waals surface area contributed by atoms with Crippen molar-refractivity contribution in [2.24, 2.45) is 0 Å². The third-order valence-electron chi connectivity index (χ3n) is 4.61. The van der Waals surface area contributed by atoms with Gasteiger partial charge in [0.1, 0.15) is 6.04 Å². The van der Waals surface area contributed by atoms with Crippen LogP contribution in [0, 0.1) is 0 Å². The van der Waals surface area contributed by atoms with Crippen molar-refractivity contribution in [3.63, 3.8) is 0 Å². The van der Waals surface area contributed by atoms with Crippen molar-refractivity contribution < 1.29 is 9.59 Å². The number of halogens is 2. The molecule has 2 heterocycles. The van der Waals surface area contributed by atoms with Gasteiger partial charge in [0.2, 0.25) is 5.91 Å². The second kappa shape index (κ2) is 7.72. The number of carbonyl (C=O) groups is 2. The van der Waals surface area contributed by atoms with Crippen LogP contribution in [0.1, 0.15) is 36.0 Å². The average Bonchev–Trinajstić information content (AvgIpc) is 3.22. The molecule has 0 radical (unpaired) electrons. The van der Waals surface area contributed by atoms with E-state index in [-0.39, 0.29) is 11.8 Å². The molecule has 2 aliphatic heterocycles. The van der Waals surface area contributed by atoms with Crippen molar-refractivity contribution in [2.75, 3.05) is 19.6 Å². The molecule has 0 aliphatic carbocycles. The molecule has 1 aromatic rings. The van der Waals surface area contributed by atoms with E-state index in [1.807, 2.05) is 0 Å². The van der Waals surface area contributed by atoms with Gasteiger partial charge in [-0.2, -0.15) is 0 Å². The summed E-state index contributed by atoms with van der Waals surface area (Å²) in [6, 6.07) is 4.68. The van der Waals surface area contributed by atoms with Crippen molar-refractivity contribution in [3.05, 3.63) is 33.8 Å². The number of rotatable bonds is 4. The molecule has 0 bridgehead atoms. The normalized spacial score (nSPS) is 23.5. The molecule has 0 saturated carbocycles. The molecule has 7 heteroatoms. The van der Waals surface area contributed by atoms with Crippen LogP contribution in [-0.2, 0) is 4.79 Å². The molecule has 0 aromatic heterocycles. The largest absolute Gasteiger partial charge is 0.353 e. The van der Waals surface area contributed by atoms with Gasteiger partial charge in [-0.25, -0.2) is 0 Å². The minimum absolute atomic E-state index is 0.0809. The van der Waals surface area contributed by atoms with Crippen LogP contribution >= 0.6 is 23.2 Å². The summed E-state index contributed by atoms with van der Waals surface area (Å²) in [5.41, 5.74) is 0.421. The lowest BCUT2D eigenvalue weighted by atomic mass is 10.1. The Kier molecular flexibility index (Phi) is 5.64. The first kappa shape index (κ1) is 17.5. The molecule has 24 heavy (non-hydrogen) atoms. The quantitative estimate of drug-likeness (QED) is 0.856. The first-order valence-electron chi connectivity index (χ1n) is 8.33. The standard InChI is InChI=1S/C17H21Cl2N3O2/c18-12-7-11(8-13(19)9-12)17(24)22-6-2-4-15(22)16(23)21-10-14-3-1-5-20-14/h7-9,14-15,20H,1-6,10H2,(H,21,23). The second-order valence-corrected chi connectivity index (χ2v) is 7.23. The maximum Gasteiger partial charge on any atom is 0.254 e. The third kappa shape index (κ3) is 4.02. The lowest BCUT2D eigenvalue weighted by Gasteiger charge is -2.25. The smallest absolute Gasteiger partial charge is 0.254 e. The van der Waals surface area contributed by atoms with Crippen molar-refractivity contribution in [1.82, 2.24) is 15.5 Å². The molecule has 2 N–H and O–H groups in total. The molecular formula is C17H21Cl2N3O2. The summed E-state index contributed by atoms with van der Waals surface area (Å²) >= 11 is 12.0. The maximum atomic E-state index is 12.7. The predicted octanol–water partition coefficient (Wildman–Crippen LogP) is 2.47. The Labute approximate surface area is 151 Å². The molecule has 0 spiro atoms. The van der Waals surface area contributed by atoms with E-state index < -0.39 is 6.04 Å². The summed E-state index contributed by atoms with van der Waals surface area (Å²) in [7, 11) is 0. The van der Waals surface area contributed by atoms with Gasteiger partial charge in [-0.3, -0.25) is 9.59 Å². The van der Waals surface area contributed by atoms with E-state index in [4.69, 9.17) is 23.2 Å². The SMILES string of the molecule is O=C(NCC1CCCN1)C1CCCN1C(=O)c1cc(Cl)cc(Cl)c1. The number of nitrogens with zero attached hydrogens (tertiary/aromatic N) is 1. The topological polar surface area (TPSA) is 61.4 Å². The predicted molar refractivity (Wildman–Crippen MR) is 94.6 cm³/mol. The van der Waals surface area contributed by atoms with Crippen molar-refractivity contribution in [2.45, 2.75) is 37.8 Å². The zero-order valence-corrected chi connectivity index (χ0v) is 14.9. The number of amides is 2. The van der Waals surface area contributed by atoms with Gasteiger partial charge in [-0.1, -0.05) is 23.2 Å². The van der Waals surface area contributed by atoms with Crippen molar-refractivity contribution >= 4 is 35.0 Å². The molecule has 2 atom stereocenters. The minimum Gasteiger partial charge on any atom is -0.353 e. The summed E-state index contributed by atoms with van der Waals surface area (Å²) < 4.78 is 0. The van der Waals surface area contributed by atoms with E-state index in [9.17, 15) is 9.59 Å². The van der Waals surface area contributed by atoms with Crippen molar-refractivity contribution in [3.8, 4) is 0 Å². The van der Waals surface area contributed by atoms with Crippen LogP contribution in [0.15, 0.2) is 18.2 Å². The Morgan fingerprint density at radius 3 is 2.58 bits per heavy atom. The Morgan fingerprint density at radius 2 is 1.92 bits per heavy atom. The molecule has 3 rings (SSSR count). The van der Waals surface area contributed by atoms with Gasteiger partial charge < -0.3 is 15.5 Å². The van der Waals surface area contributed by atoms with Crippen LogP contribution in [0.2, 0.25) is 10.0 Å².